The molecular weight excluding hydrogens is 218 g/mol. The van der Waals surface area contributed by atoms with Crippen LogP contribution in [0.5, 0.6) is 0 Å². The van der Waals surface area contributed by atoms with Crippen molar-refractivity contribution in [2.24, 2.45) is 0 Å². The summed E-state index contributed by atoms with van der Waals surface area (Å²) < 4.78 is 1.55. The zero-order valence-corrected chi connectivity index (χ0v) is 9.03. The Labute approximate surface area is 95.7 Å². The maximum atomic E-state index is 12.1. The van der Waals surface area contributed by atoms with Gasteiger partial charge < -0.3 is 15.4 Å². The van der Waals surface area contributed by atoms with Gasteiger partial charge in [0.25, 0.3) is 5.56 Å². The summed E-state index contributed by atoms with van der Waals surface area (Å²) in [7, 11) is 0. The van der Waals surface area contributed by atoms with Gasteiger partial charge in [-0.15, -0.1) is 6.58 Å². The first kappa shape index (κ1) is 9.71. The van der Waals surface area contributed by atoms with Crippen LogP contribution in [0.3, 0.4) is 0 Å². The van der Waals surface area contributed by atoms with Gasteiger partial charge in [0, 0.05) is 18.9 Å². The van der Waals surface area contributed by atoms with Crippen LogP contribution in [0.25, 0.3) is 21.9 Å². The van der Waals surface area contributed by atoms with Gasteiger partial charge in [0.2, 0.25) is 0 Å². The quantitative estimate of drug-likeness (QED) is 0.572. The molecule has 3 rings (SSSR count). The molecule has 0 radical (unpaired) electrons. The Kier molecular flexibility index (Phi) is 1.85. The molecule has 0 unspecified atom stereocenters. The largest absolute Gasteiger partial charge is 0.397 e. The standard InChI is InChI=1S/C11H11N5O/c1-2-3-16-5-7-8(11(16)17)9(12)6-4-13-15-10(6)14-7/h2,4-5H,1,3,12H2,(H2,13,14,15). The molecule has 0 aliphatic carbocycles. The lowest BCUT2D eigenvalue weighted by Crippen LogP contribution is -2.13. The highest BCUT2D eigenvalue weighted by molar-refractivity contribution is 6.04. The predicted octanol–water partition coefficient (Wildman–Crippen LogP) is 0.974. The molecule has 0 atom stereocenters. The molecule has 0 amide bonds. The number of nitrogens with one attached hydrogen (secondary N) is 2. The summed E-state index contributed by atoms with van der Waals surface area (Å²) in [4.78, 5) is 16.4. The number of fused-ring (bicyclic) bond motifs is 2. The van der Waals surface area contributed by atoms with E-state index in [1.54, 1.807) is 23.0 Å². The molecule has 0 saturated heterocycles. The second kappa shape index (κ2) is 3.24. The molecule has 0 fully saturated rings. The summed E-state index contributed by atoms with van der Waals surface area (Å²) in [6.07, 6.45) is 5.05. The van der Waals surface area contributed by atoms with Gasteiger partial charge >= 0.3 is 0 Å². The lowest BCUT2D eigenvalue weighted by atomic mass is 10.2. The summed E-state index contributed by atoms with van der Waals surface area (Å²) in [6, 6.07) is 0. The van der Waals surface area contributed by atoms with E-state index < -0.39 is 0 Å². The van der Waals surface area contributed by atoms with Crippen molar-refractivity contribution in [3.8, 4) is 0 Å². The second-order valence-electron chi connectivity index (χ2n) is 3.84. The number of anilines is 1. The number of nitrogens with two attached hydrogens (primary N) is 1. The van der Waals surface area contributed by atoms with Crippen LogP contribution in [0.2, 0.25) is 0 Å². The minimum Gasteiger partial charge on any atom is -0.397 e. The van der Waals surface area contributed by atoms with Gasteiger partial charge in [-0.3, -0.25) is 9.89 Å². The number of H-pyrrole nitrogens is 2. The number of hydrogen-bond acceptors (Lipinski definition) is 3. The molecule has 3 heterocycles. The zero-order valence-electron chi connectivity index (χ0n) is 9.03. The van der Waals surface area contributed by atoms with Crippen molar-refractivity contribution in [2.75, 3.05) is 5.73 Å². The SMILES string of the molecule is C=CCn1cc2nc3[nH][nH]cc3c(N)c2c1=O. The molecular formula is C11H11N5O. The lowest BCUT2D eigenvalue weighted by molar-refractivity contribution is 0.804. The monoisotopic (exact) mass is 229 g/mol. The molecule has 0 aliphatic rings. The van der Waals surface area contributed by atoms with Crippen molar-refractivity contribution in [1.82, 2.24) is 19.7 Å². The van der Waals surface area contributed by atoms with Crippen LogP contribution in [0.1, 0.15) is 0 Å². The average Bonchev–Trinajstić information content (AvgIpc) is 2.86. The number of hydrogen-bond donors (Lipinski definition) is 3. The summed E-state index contributed by atoms with van der Waals surface area (Å²) in [6.45, 7) is 4.07. The maximum absolute atomic E-state index is 12.1. The van der Waals surface area contributed by atoms with E-state index in [4.69, 9.17) is 5.73 Å². The third kappa shape index (κ3) is 1.20. The van der Waals surface area contributed by atoms with Gasteiger partial charge in [-0.2, -0.15) is 0 Å². The predicted molar refractivity (Wildman–Crippen MR) is 66.8 cm³/mol. The zero-order chi connectivity index (χ0) is 12.0. The lowest BCUT2D eigenvalue weighted by Gasteiger charge is -1.95. The molecule has 86 valence electrons. The molecule has 0 saturated carbocycles. The average molecular weight is 229 g/mol. The van der Waals surface area contributed by atoms with Gasteiger partial charge in [-0.05, 0) is 0 Å². The molecule has 6 heteroatoms. The van der Waals surface area contributed by atoms with Crippen LogP contribution in [0.15, 0.2) is 29.8 Å². The van der Waals surface area contributed by atoms with E-state index in [9.17, 15) is 4.79 Å². The molecule has 0 bridgehead atoms. The van der Waals surface area contributed by atoms with Crippen LogP contribution >= 0.6 is 0 Å². The van der Waals surface area contributed by atoms with E-state index in [1.807, 2.05) is 0 Å². The number of pyridine rings is 1. The van der Waals surface area contributed by atoms with Gasteiger partial charge in [-0.1, -0.05) is 6.08 Å². The van der Waals surface area contributed by atoms with E-state index in [2.05, 4.69) is 21.8 Å². The maximum Gasteiger partial charge on any atom is 0.262 e. The highest BCUT2D eigenvalue weighted by Gasteiger charge is 2.13. The summed E-state index contributed by atoms with van der Waals surface area (Å²) >= 11 is 0. The van der Waals surface area contributed by atoms with Gasteiger partial charge in [0.15, 0.2) is 5.65 Å². The molecule has 0 spiro atoms. The Morgan fingerprint density at radius 2 is 2.41 bits per heavy atom. The third-order valence-electron chi connectivity index (χ3n) is 2.79. The van der Waals surface area contributed by atoms with Gasteiger partial charge in [0.05, 0.1) is 22.0 Å². The Hall–Kier alpha value is -2.50. The van der Waals surface area contributed by atoms with Crippen LogP contribution < -0.4 is 11.3 Å². The highest BCUT2D eigenvalue weighted by Crippen LogP contribution is 2.24. The molecule has 0 aromatic carbocycles. The smallest absolute Gasteiger partial charge is 0.262 e. The molecule has 3 aromatic heterocycles. The van der Waals surface area contributed by atoms with Crippen molar-refractivity contribution in [3.63, 3.8) is 0 Å². The fourth-order valence-corrected chi connectivity index (χ4v) is 2.00. The summed E-state index contributed by atoms with van der Waals surface area (Å²) in [5.74, 6) is 0. The number of rotatable bonds is 2. The van der Waals surface area contributed by atoms with Gasteiger partial charge in [0.1, 0.15) is 0 Å². The molecule has 17 heavy (non-hydrogen) atoms. The normalized spacial score (nSPS) is 11.3. The Balaban J connectivity index is 2.49. The van der Waals surface area contributed by atoms with Crippen molar-refractivity contribution >= 4 is 27.6 Å². The number of aromatic nitrogens is 4. The first-order valence-electron chi connectivity index (χ1n) is 5.17. The molecule has 6 nitrogen and oxygen atoms in total. The number of aromatic amines is 2. The number of nitrogens with zero attached hydrogens (tertiary/aromatic N) is 2. The van der Waals surface area contributed by atoms with E-state index >= 15 is 0 Å². The van der Waals surface area contributed by atoms with Crippen LogP contribution in [-0.2, 0) is 6.54 Å². The third-order valence-corrected chi connectivity index (χ3v) is 2.79. The van der Waals surface area contributed by atoms with Gasteiger partial charge in [-0.25, -0.2) is 4.98 Å². The van der Waals surface area contributed by atoms with Crippen LogP contribution in [-0.4, -0.2) is 19.7 Å². The van der Waals surface area contributed by atoms with Crippen molar-refractivity contribution in [1.29, 1.82) is 0 Å². The Bertz CT molecular complexity index is 776. The van der Waals surface area contributed by atoms with E-state index in [-0.39, 0.29) is 5.56 Å². The van der Waals surface area contributed by atoms with E-state index in [0.29, 0.717) is 28.8 Å². The fourth-order valence-electron chi connectivity index (χ4n) is 2.00. The molecule has 4 N–H and O–H groups in total. The van der Waals surface area contributed by atoms with Crippen LogP contribution in [0.4, 0.5) is 5.69 Å². The number of allylic oxidation sites excluding steroid dienone is 1. The first-order chi connectivity index (χ1) is 8.22. The van der Waals surface area contributed by atoms with Crippen LogP contribution in [0, 0.1) is 0 Å². The second-order valence-corrected chi connectivity index (χ2v) is 3.84. The Morgan fingerprint density at radius 1 is 1.59 bits per heavy atom. The molecule has 0 aliphatic heterocycles. The minimum absolute atomic E-state index is 0.131. The summed E-state index contributed by atoms with van der Waals surface area (Å²) in [5, 5.41) is 6.87. The fraction of sp³-hybridized carbons (Fsp3) is 0.0909. The summed E-state index contributed by atoms with van der Waals surface area (Å²) in [5.41, 5.74) is 7.55. The first-order valence-corrected chi connectivity index (χ1v) is 5.17. The Morgan fingerprint density at radius 3 is 3.18 bits per heavy atom. The number of nitrogen functional groups attached to an aromatic ring is 1. The van der Waals surface area contributed by atoms with Crippen molar-refractivity contribution in [2.45, 2.75) is 6.54 Å². The van der Waals surface area contributed by atoms with Crippen molar-refractivity contribution < 1.29 is 0 Å². The van der Waals surface area contributed by atoms with E-state index in [0.717, 1.165) is 5.39 Å². The topological polar surface area (TPSA) is 92.5 Å². The van der Waals surface area contributed by atoms with E-state index in [1.165, 1.54) is 0 Å². The highest BCUT2D eigenvalue weighted by atomic mass is 16.1. The minimum atomic E-state index is -0.131. The molecule has 3 aromatic rings. The van der Waals surface area contributed by atoms with Crippen molar-refractivity contribution in [3.05, 3.63) is 35.4 Å².